The number of nitrogens with one attached hydrogen (secondary N) is 1. The smallest absolute Gasteiger partial charge is 0.251 e. The van der Waals surface area contributed by atoms with Crippen molar-refractivity contribution in [3.8, 4) is 0 Å². The van der Waals surface area contributed by atoms with Crippen molar-refractivity contribution in [1.82, 2.24) is 5.32 Å². The maximum absolute atomic E-state index is 11.7. The second-order valence-electron chi connectivity index (χ2n) is 4.58. The summed E-state index contributed by atoms with van der Waals surface area (Å²) in [6.07, 6.45) is 1.24. The molecule has 0 aromatic heterocycles. The predicted octanol–water partition coefficient (Wildman–Crippen LogP) is 1.95. The molecule has 1 fully saturated rings. The maximum Gasteiger partial charge on any atom is 0.251 e. The van der Waals surface area contributed by atoms with Crippen LogP contribution in [0.2, 0.25) is 0 Å². The zero-order valence-corrected chi connectivity index (χ0v) is 10.8. The summed E-state index contributed by atoms with van der Waals surface area (Å²) in [5.74, 6) is 1.48. The van der Waals surface area contributed by atoms with Crippen LogP contribution in [-0.4, -0.2) is 12.5 Å². The lowest BCUT2D eigenvalue weighted by Crippen LogP contribution is -2.25. The highest BCUT2D eigenvalue weighted by atomic mass is 35.5. The SMILES string of the molecule is CC1CC1CNC(=O)c1ccc(CN)cc1.Cl. The molecule has 0 bridgehead atoms. The second-order valence-corrected chi connectivity index (χ2v) is 4.58. The van der Waals surface area contributed by atoms with Gasteiger partial charge in [-0.25, -0.2) is 0 Å². The normalized spacial score (nSPS) is 21.5. The highest BCUT2D eigenvalue weighted by molar-refractivity contribution is 5.94. The Labute approximate surface area is 108 Å². The summed E-state index contributed by atoms with van der Waals surface area (Å²) in [5, 5.41) is 2.96. The van der Waals surface area contributed by atoms with E-state index in [0.29, 0.717) is 18.0 Å². The van der Waals surface area contributed by atoms with E-state index in [1.54, 1.807) is 0 Å². The number of halogens is 1. The summed E-state index contributed by atoms with van der Waals surface area (Å²) in [5.41, 5.74) is 7.26. The summed E-state index contributed by atoms with van der Waals surface area (Å²) < 4.78 is 0. The van der Waals surface area contributed by atoms with Gasteiger partial charge in [0.2, 0.25) is 0 Å². The van der Waals surface area contributed by atoms with Gasteiger partial charge in [0.05, 0.1) is 0 Å². The summed E-state index contributed by atoms with van der Waals surface area (Å²) in [6, 6.07) is 7.45. The average molecular weight is 255 g/mol. The number of rotatable bonds is 4. The number of hydrogen-bond donors (Lipinski definition) is 2. The van der Waals surface area contributed by atoms with E-state index in [9.17, 15) is 4.79 Å². The van der Waals surface area contributed by atoms with E-state index in [0.717, 1.165) is 18.0 Å². The molecular formula is C13H19ClN2O. The highest BCUT2D eigenvalue weighted by Gasteiger charge is 2.32. The number of hydrogen-bond acceptors (Lipinski definition) is 2. The number of nitrogens with two attached hydrogens (primary N) is 1. The Hall–Kier alpha value is -1.06. The van der Waals surface area contributed by atoms with Crippen LogP contribution < -0.4 is 11.1 Å². The molecule has 94 valence electrons. The first-order valence-electron chi connectivity index (χ1n) is 5.78. The van der Waals surface area contributed by atoms with Crippen molar-refractivity contribution in [2.24, 2.45) is 17.6 Å². The molecule has 3 N–H and O–H groups in total. The van der Waals surface area contributed by atoms with E-state index in [1.165, 1.54) is 6.42 Å². The molecule has 0 aliphatic heterocycles. The van der Waals surface area contributed by atoms with Crippen molar-refractivity contribution < 1.29 is 4.79 Å². The molecule has 1 aliphatic rings. The molecule has 1 aromatic carbocycles. The minimum absolute atomic E-state index is 0. The molecule has 1 amide bonds. The monoisotopic (exact) mass is 254 g/mol. The van der Waals surface area contributed by atoms with Crippen LogP contribution in [0.15, 0.2) is 24.3 Å². The first-order chi connectivity index (χ1) is 7.70. The van der Waals surface area contributed by atoms with Gasteiger partial charge in [0.15, 0.2) is 0 Å². The second kappa shape index (κ2) is 6.03. The molecular weight excluding hydrogens is 236 g/mol. The molecule has 0 saturated heterocycles. The fourth-order valence-corrected chi connectivity index (χ4v) is 1.80. The molecule has 0 radical (unpaired) electrons. The largest absolute Gasteiger partial charge is 0.352 e. The van der Waals surface area contributed by atoms with Crippen LogP contribution in [0.5, 0.6) is 0 Å². The molecule has 2 rings (SSSR count). The molecule has 4 heteroatoms. The molecule has 1 aliphatic carbocycles. The van der Waals surface area contributed by atoms with Crippen molar-refractivity contribution in [3.05, 3.63) is 35.4 Å². The van der Waals surface area contributed by atoms with Gasteiger partial charge in [-0.3, -0.25) is 4.79 Å². The number of benzene rings is 1. The first kappa shape index (κ1) is 14.0. The van der Waals surface area contributed by atoms with Gasteiger partial charge in [-0.05, 0) is 36.0 Å². The van der Waals surface area contributed by atoms with Crippen molar-refractivity contribution >= 4 is 18.3 Å². The number of carbonyl (C=O) groups is 1. The van der Waals surface area contributed by atoms with E-state index in [1.807, 2.05) is 24.3 Å². The van der Waals surface area contributed by atoms with E-state index in [-0.39, 0.29) is 18.3 Å². The molecule has 17 heavy (non-hydrogen) atoms. The predicted molar refractivity (Wildman–Crippen MR) is 71.2 cm³/mol. The maximum atomic E-state index is 11.7. The van der Waals surface area contributed by atoms with Crippen molar-refractivity contribution in [2.45, 2.75) is 19.9 Å². The number of carbonyl (C=O) groups excluding carboxylic acids is 1. The standard InChI is InChI=1S/C13H18N2O.ClH/c1-9-6-12(9)8-15-13(16)11-4-2-10(7-14)3-5-11;/h2-5,9,12H,6-8,14H2,1H3,(H,15,16);1H. The molecule has 3 nitrogen and oxygen atoms in total. The van der Waals surface area contributed by atoms with E-state index in [2.05, 4.69) is 12.2 Å². The third-order valence-corrected chi connectivity index (χ3v) is 3.25. The zero-order chi connectivity index (χ0) is 11.5. The Morgan fingerprint density at radius 3 is 2.47 bits per heavy atom. The average Bonchev–Trinajstić information content (AvgIpc) is 3.02. The third kappa shape index (κ3) is 3.72. The van der Waals surface area contributed by atoms with Gasteiger partial charge in [0, 0.05) is 18.7 Å². The van der Waals surface area contributed by atoms with Crippen LogP contribution >= 0.6 is 12.4 Å². The number of amides is 1. The van der Waals surface area contributed by atoms with Crippen LogP contribution in [-0.2, 0) is 6.54 Å². The molecule has 1 aromatic rings. The summed E-state index contributed by atoms with van der Waals surface area (Å²) >= 11 is 0. The van der Waals surface area contributed by atoms with Crippen molar-refractivity contribution in [1.29, 1.82) is 0 Å². The lowest BCUT2D eigenvalue weighted by atomic mass is 10.1. The van der Waals surface area contributed by atoms with Gasteiger partial charge in [0.25, 0.3) is 5.91 Å². The Balaban J connectivity index is 0.00000144. The van der Waals surface area contributed by atoms with Crippen LogP contribution in [0.25, 0.3) is 0 Å². The fourth-order valence-electron chi connectivity index (χ4n) is 1.80. The van der Waals surface area contributed by atoms with Crippen LogP contribution in [0, 0.1) is 11.8 Å². The Morgan fingerprint density at radius 1 is 1.41 bits per heavy atom. The van der Waals surface area contributed by atoms with E-state index >= 15 is 0 Å². The minimum Gasteiger partial charge on any atom is -0.352 e. The molecule has 0 heterocycles. The Kier molecular flexibility index (Phi) is 4.97. The molecule has 0 spiro atoms. The van der Waals surface area contributed by atoms with Gasteiger partial charge in [0.1, 0.15) is 0 Å². The van der Waals surface area contributed by atoms with Gasteiger partial charge in [-0.15, -0.1) is 12.4 Å². The minimum atomic E-state index is 0. The van der Waals surface area contributed by atoms with Gasteiger partial charge in [-0.2, -0.15) is 0 Å². The lowest BCUT2D eigenvalue weighted by molar-refractivity contribution is 0.0951. The van der Waals surface area contributed by atoms with Crippen molar-refractivity contribution in [3.63, 3.8) is 0 Å². The van der Waals surface area contributed by atoms with Crippen LogP contribution in [0.1, 0.15) is 29.3 Å². The van der Waals surface area contributed by atoms with Crippen LogP contribution in [0.3, 0.4) is 0 Å². The molecule has 2 unspecified atom stereocenters. The fraction of sp³-hybridized carbons (Fsp3) is 0.462. The lowest BCUT2D eigenvalue weighted by Gasteiger charge is -2.05. The summed E-state index contributed by atoms with van der Waals surface area (Å²) in [7, 11) is 0. The topological polar surface area (TPSA) is 55.1 Å². The first-order valence-corrected chi connectivity index (χ1v) is 5.78. The van der Waals surface area contributed by atoms with E-state index < -0.39 is 0 Å². The van der Waals surface area contributed by atoms with Gasteiger partial charge < -0.3 is 11.1 Å². The highest BCUT2D eigenvalue weighted by Crippen LogP contribution is 2.36. The molecule has 2 atom stereocenters. The Morgan fingerprint density at radius 2 is 2.00 bits per heavy atom. The quantitative estimate of drug-likeness (QED) is 0.863. The molecule has 1 saturated carbocycles. The van der Waals surface area contributed by atoms with Crippen LogP contribution in [0.4, 0.5) is 0 Å². The van der Waals surface area contributed by atoms with Gasteiger partial charge in [-0.1, -0.05) is 19.1 Å². The summed E-state index contributed by atoms with van der Waals surface area (Å²) in [4.78, 5) is 11.7. The van der Waals surface area contributed by atoms with E-state index in [4.69, 9.17) is 5.73 Å². The third-order valence-electron chi connectivity index (χ3n) is 3.25. The van der Waals surface area contributed by atoms with Crippen molar-refractivity contribution in [2.75, 3.05) is 6.54 Å². The zero-order valence-electron chi connectivity index (χ0n) is 9.98. The summed E-state index contributed by atoms with van der Waals surface area (Å²) in [6.45, 7) is 3.53. The Bertz CT molecular complexity index is 378. The van der Waals surface area contributed by atoms with Gasteiger partial charge >= 0.3 is 0 Å².